The number of piperidine rings is 1. The molecule has 0 saturated carbocycles. The fourth-order valence-electron chi connectivity index (χ4n) is 2.24. The minimum absolute atomic E-state index is 0.198. The monoisotopic (exact) mass is 271 g/mol. The van der Waals surface area contributed by atoms with E-state index < -0.39 is 18.1 Å². The summed E-state index contributed by atoms with van der Waals surface area (Å²) in [7, 11) is 0. The van der Waals surface area contributed by atoms with Crippen LogP contribution in [0.25, 0.3) is 0 Å². The van der Waals surface area contributed by atoms with Crippen LogP contribution in [0, 0.1) is 5.92 Å². The lowest BCUT2D eigenvalue weighted by Crippen LogP contribution is -2.51. The molecule has 110 valence electrons. The Morgan fingerprint density at radius 1 is 1.32 bits per heavy atom. The van der Waals surface area contributed by atoms with Gasteiger partial charge >= 0.3 is 5.97 Å². The van der Waals surface area contributed by atoms with Crippen molar-refractivity contribution in [2.24, 2.45) is 5.92 Å². The molecule has 19 heavy (non-hydrogen) atoms. The summed E-state index contributed by atoms with van der Waals surface area (Å²) in [6, 6.07) is -0.683. The summed E-state index contributed by atoms with van der Waals surface area (Å²) in [5.74, 6) is -0.581. The Morgan fingerprint density at radius 3 is 2.58 bits per heavy atom. The number of likely N-dealkylation sites (tertiary alicyclic amines) is 1. The highest BCUT2D eigenvalue weighted by atomic mass is 16.5. The van der Waals surface area contributed by atoms with Crippen molar-refractivity contribution in [3.8, 4) is 0 Å². The van der Waals surface area contributed by atoms with Crippen molar-refractivity contribution in [3.63, 3.8) is 0 Å². The van der Waals surface area contributed by atoms with Crippen LogP contribution in [0.4, 0.5) is 0 Å². The number of carbonyl (C=O) groups excluding carboxylic acids is 1. The van der Waals surface area contributed by atoms with Gasteiger partial charge in [0, 0.05) is 13.2 Å². The van der Waals surface area contributed by atoms with Crippen LogP contribution in [0.1, 0.15) is 46.5 Å². The van der Waals surface area contributed by atoms with Gasteiger partial charge in [-0.2, -0.15) is 0 Å². The van der Waals surface area contributed by atoms with E-state index >= 15 is 0 Å². The summed E-state index contributed by atoms with van der Waals surface area (Å²) >= 11 is 0. The van der Waals surface area contributed by atoms with E-state index in [2.05, 4.69) is 13.8 Å². The molecule has 2 unspecified atom stereocenters. The minimum Gasteiger partial charge on any atom is -0.480 e. The zero-order valence-corrected chi connectivity index (χ0v) is 12.1. The number of ether oxygens (including phenoxy) is 1. The fraction of sp³-hybridized carbons (Fsp3) is 0.857. The number of amides is 1. The number of carbonyl (C=O) groups is 2. The van der Waals surface area contributed by atoms with Crippen LogP contribution in [0.15, 0.2) is 0 Å². The van der Waals surface area contributed by atoms with E-state index in [1.165, 1.54) is 4.90 Å². The largest absolute Gasteiger partial charge is 0.480 e. The zero-order chi connectivity index (χ0) is 14.4. The molecule has 0 aromatic heterocycles. The third-order valence-corrected chi connectivity index (χ3v) is 3.48. The molecule has 1 amide bonds. The molecule has 1 N–H and O–H groups in total. The Labute approximate surface area is 114 Å². The molecular weight excluding hydrogens is 246 g/mol. The SMILES string of the molecule is CC(C)CCOC(C)C(=O)N1CCCCC1C(=O)O. The van der Waals surface area contributed by atoms with Crippen molar-refractivity contribution in [1.29, 1.82) is 0 Å². The number of hydrogen-bond donors (Lipinski definition) is 1. The lowest BCUT2D eigenvalue weighted by atomic mass is 10.0. The van der Waals surface area contributed by atoms with Crippen LogP contribution in [0.5, 0.6) is 0 Å². The van der Waals surface area contributed by atoms with Crippen LogP contribution in [0.3, 0.4) is 0 Å². The number of nitrogens with zero attached hydrogens (tertiary/aromatic N) is 1. The highest BCUT2D eigenvalue weighted by molar-refractivity contribution is 5.86. The van der Waals surface area contributed by atoms with Crippen LogP contribution in [-0.4, -0.2) is 47.2 Å². The van der Waals surface area contributed by atoms with Crippen LogP contribution in [-0.2, 0) is 14.3 Å². The average Bonchev–Trinajstić information content (AvgIpc) is 2.37. The molecule has 5 nitrogen and oxygen atoms in total. The number of hydrogen-bond acceptors (Lipinski definition) is 3. The first-order chi connectivity index (χ1) is 8.93. The van der Waals surface area contributed by atoms with Crippen molar-refractivity contribution in [2.45, 2.75) is 58.6 Å². The second kappa shape index (κ2) is 7.48. The minimum atomic E-state index is -0.914. The predicted molar refractivity (Wildman–Crippen MR) is 71.9 cm³/mol. The number of rotatable bonds is 6. The lowest BCUT2D eigenvalue weighted by Gasteiger charge is -2.34. The Bertz CT molecular complexity index is 317. The Kier molecular flexibility index (Phi) is 6.28. The molecule has 0 radical (unpaired) electrons. The third kappa shape index (κ3) is 4.82. The van der Waals surface area contributed by atoms with Gasteiger partial charge in [-0.05, 0) is 38.5 Å². The van der Waals surface area contributed by atoms with Gasteiger partial charge in [0.25, 0.3) is 5.91 Å². The smallest absolute Gasteiger partial charge is 0.326 e. The highest BCUT2D eigenvalue weighted by Gasteiger charge is 2.34. The van der Waals surface area contributed by atoms with E-state index in [9.17, 15) is 9.59 Å². The van der Waals surface area contributed by atoms with Crippen LogP contribution >= 0.6 is 0 Å². The molecule has 0 aromatic rings. The van der Waals surface area contributed by atoms with Gasteiger partial charge in [-0.1, -0.05) is 13.8 Å². The molecular formula is C14H25NO4. The van der Waals surface area contributed by atoms with Crippen molar-refractivity contribution in [1.82, 2.24) is 4.90 Å². The first-order valence-electron chi connectivity index (χ1n) is 7.08. The third-order valence-electron chi connectivity index (χ3n) is 3.48. The number of aliphatic carboxylic acids is 1. The zero-order valence-electron chi connectivity index (χ0n) is 12.1. The normalized spacial score (nSPS) is 21.5. The Balaban J connectivity index is 2.51. The van der Waals surface area contributed by atoms with Crippen molar-refractivity contribution in [2.75, 3.05) is 13.2 Å². The maximum absolute atomic E-state index is 12.2. The average molecular weight is 271 g/mol. The second-order valence-corrected chi connectivity index (χ2v) is 5.58. The van der Waals surface area contributed by atoms with E-state index in [4.69, 9.17) is 9.84 Å². The molecule has 1 saturated heterocycles. The van der Waals surface area contributed by atoms with Gasteiger partial charge in [0.15, 0.2) is 0 Å². The van der Waals surface area contributed by atoms with E-state index in [0.717, 1.165) is 19.3 Å². The lowest BCUT2D eigenvalue weighted by molar-refractivity contribution is -0.157. The standard InChI is InChI=1S/C14H25NO4/c1-10(2)7-9-19-11(3)13(16)15-8-5-4-6-12(15)14(17)18/h10-12H,4-9H2,1-3H3,(H,17,18). The van der Waals surface area contributed by atoms with Crippen LogP contribution < -0.4 is 0 Å². The van der Waals surface area contributed by atoms with Gasteiger partial charge in [0.2, 0.25) is 0 Å². The molecule has 0 bridgehead atoms. The molecule has 0 aliphatic carbocycles. The Hall–Kier alpha value is -1.10. The topological polar surface area (TPSA) is 66.8 Å². The van der Waals surface area contributed by atoms with Gasteiger partial charge in [0.05, 0.1) is 0 Å². The fourth-order valence-corrected chi connectivity index (χ4v) is 2.24. The van der Waals surface area contributed by atoms with E-state index in [1.54, 1.807) is 6.92 Å². The first-order valence-corrected chi connectivity index (χ1v) is 7.08. The molecule has 1 heterocycles. The molecule has 1 fully saturated rings. The number of carboxylic acid groups (broad SMARTS) is 1. The molecule has 1 aliphatic rings. The molecule has 2 atom stereocenters. The maximum atomic E-state index is 12.2. The quantitative estimate of drug-likeness (QED) is 0.801. The summed E-state index contributed by atoms with van der Waals surface area (Å²) in [6.07, 6.45) is 2.62. The Morgan fingerprint density at radius 2 is 2.00 bits per heavy atom. The van der Waals surface area contributed by atoms with Crippen molar-refractivity contribution < 1.29 is 19.4 Å². The van der Waals surface area contributed by atoms with E-state index in [1.807, 2.05) is 0 Å². The summed E-state index contributed by atoms with van der Waals surface area (Å²) < 4.78 is 5.51. The molecule has 0 aromatic carbocycles. The van der Waals surface area contributed by atoms with Gasteiger partial charge < -0.3 is 14.7 Å². The second-order valence-electron chi connectivity index (χ2n) is 5.58. The van der Waals surface area contributed by atoms with Gasteiger partial charge in [0.1, 0.15) is 12.1 Å². The predicted octanol–water partition coefficient (Wildman–Crippen LogP) is 1.90. The first kappa shape index (κ1) is 16.0. The van der Waals surface area contributed by atoms with E-state index in [0.29, 0.717) is 25.5 Å². The molecule has 0 spiro atoms. The van der Waals surface area contributed by atoms with Gasteiger partial charge in [-0.15, -0.1) is 0 Å². The molecule has 1 aliphatic heterocycles. The molecule has 5 heteroatoms. The highest BCUT2D eigenvalue weighted by Crippen LogP contribution is 2.19. The molecule has 1 rings (SSSR count). The van der Waals surface area contributed by atoms with Crippen molar-refractivity contribution in [3.05, 3.63) is 0 Å². The summed E-state index contributed by atoms with van der Waals surface area (Å²) in [5.41, 5.74) is 0. The summed E-state index contributed by atoms with van der Waals surface area (Å²) in [4.78, 5) is 24.9. The van der Waals surface area contributed by atoms with Gasteiger partial charge in [-0.25, -0.2) is 4.79 Å². The van der Waals surface area contributed by atoms with Gasteiger partial charge in [-0.3, -0.25) is 4.79 Å². The van der Waals surface area contributed by atoms with E-state index in [-0.39, 0.29) is 5.91 Å². The summed E-state index contributed by atoms with van der Waals surface area (Å²) in [6.45, 7) is 6.96. The summed E-state index contributed by atoms with van der Waals surface area (Å²) in [5, 5.41) is 9.15. The van der Waals surface area contributed by atoms with Crippen LogP contribution in [0.2, 0.25) is 0 Å². The number of carboxylic acids is 1. The maximum Gasteiger partial charge on any atom is 0.326 e. The van der Waals surface area contributed by atoms with Crippen molar-refractivity contribution >= 4 is 11.9 Å².